The summed E-state index contributed by atoms with van der Waals surface area (Å²) in [6.45, 7) is 2.85. The average molecular weight is 337 g/mol. The SMILES string of the molecule is CC(Cc1cccc(C(F)(F)F)c1)C(=O)N1CCc2[nH]ncc2C1. The fourth-order valence-electron chi connectivity index (χ4n) is 3.04. The number of carbonyl (C=O) groups is 1. The maximum absolute atomic E-state index is 12.8. The molecule has 1 atom stereocenters. The first-order valence-corrected chi connectivity index (χ1v) is 7.80. The van der Waals surface area contributed by atoms with Crippen LogP contribution in [0.15, 0.2) is 30.5 Å². The van der Waals surface area contributed by atoms with Crippen LogP contribution in [0.4, 0.5) is 13.2 Å². The minimum Gasteiger partial charge on any atom is -0.338 e. The summed E-state index contributed by atoms with van der Waals surface area (Å²) in [4.78, 5) is 14.3. The molecule has 1 amide bonds. The average Bonchev–Trinajstić information content (AvgIpc) is 3.01. The third kappa shape index (κ3) is 3.44. The van der Waals surface area contributed by atoms with Gasteiger partial charge in [0.15, 0.2) is 0 Å². The van der Waals surface area contributed by atoms with Crippen molar-refractivity contribution in [3.8, 4) is 0 Å². The van der Waals surface area contributed by atoms with Gasteiger partial charge in [-0.2, -0.15) is 18.3 Å². The molecule has 3 rings (SSSR count). The number of nitrogens with zero attached hydrogens (tertiary/aromatic N) is 2. The summed E-state index contributed by atoms with van der Waals surface area (Å²) in [6, 6.07) is 5.17. The lowest BCUT2D eigenvalue weighted by molar-refractivity contribution is -0.137. The quantitative estimate of drug-likeness (QED) is 0.935. The van der Waals surface area contributed by atoms with Gasteiger partial charge in [-0.25, -0.2) is 0 Å². The number of alkyl halides is 3. The molecule has 0 spiro atoms. The highest BCUT2D eigenvalue weighted by atomic mass is 19.4. The second-order valence-corrected chi connectivity index (χ2v) is 6.19. The molecule has 0 aliphatic carbocycles. The minimum absolute atomic E-state index is 0.0424. The Kier molecular flexibility index (Phi) is 4.34. The summed E-state index contributed by atoms with van der Waals surface area (Å²) >= 11 is 0. The zero-order valence-corrected chi connectivity index (χ0v) is 13.2. The number of aromatic amines is 1. The van der Waals surface area contributed by atoms with Gasteiger partial charge in [-0.1, -0.05) is 25.1 Å². The Morgan fingerprint density at radius 3 is 2.96 bits per heavy atom. The van der Waals surface area contributed by atoms with Gasteiger partial charge in [-0.3, -0.25) is 9.89 Å². The molecular weight excluding hydrogens is 319 g/mol. The molecule has 128 valence electrons. The lowest BCUT2D eigenvalue weighted by Crippen LogP contribution is -2.39. The van der Waals surface area contributed by atoms with Gasteiger partial charge in [-0.05, 0) is 18.1 Å². The first-order valence-electron chi connectivity index (χ1n) is 7.80. The van der Waals surface area contributed by atoms with Gasteiger partial charge >= 0.3 is 6.18 Å². The maximum Gasteiger partial charge on any atom is 0.416 e. The van der Waals surface area contributed by atoms with E-state index in [1.807, 2.05) is 0 Å². The highest BCUT2D eigenvalue weighted by Crippen LogP contribution is 2.30. The van der Waals surface area contributed by atoms with Gasteiger partial charge in [0.25, 0.3) is 0 Å². The lowest BCUT2D eigenvalue weighted by Gasteiger charge is -2.29. The van der Waals surface area contributed by atoms with Crippen molar-refractivity contribution in [1.29, 1.82) is 0 Å². The van der Waals surface area contributed by atoms with Crippen LogP contribution in [0.1, 0.15) is 29.3 Å². The monoisotopic (exact) mass is 337 g/mol. The molecule has 2 heterocycles. The van der Waals surface area contributed by atoms with E-state index in [0.717, 1.165) is 29.8 Å². The predicted octanol–water partition coefficient (Wildman–Crippen LogP) is 3.19. The van der Waals surface area contributed by atoms with Gasteiger partial charge < -0.3 is 4.90 Å². The Bertz CT molecular complexity index is 739. The first-order chi connectivity index (χ1) is 11.3. The second kappa shape index (κ2) is 6.30. The molecule has 1 aromatic carbocycles. The molecule has 0 fully saturated rings. The summed E-state index contributed by atoms with van der Waals surface area (Å²) in [7, 11) is 0. The zero-order valence-electron chi connectivity index (χ0n) is 13.2. The number of hydrogen-bond donors (Lipinski definition) is 1. The van der Waals surface area contributed by atoms with E-state index in [-0.39, 0.29) is 18.2 Å². The summed E-state index contributed by atoms with van der Waals surface area (Å²) in [5.41, 5.74) is 1.89. The van der Waals surface area contributed by atoms with Crippen molar-refractivity contribution >= 4 is 5.91 Å². The topological polar surface area (TPSA) is 49.0 Å². The van der Waals surface area contributed by atoms with Crippen molar-refractivity contribution < 1.29 is 18.0 Å². The Morgan fingerprint density at radius 1 is 1.42 bits per heavy atom. The minimum atomic E-state index is -4.37. The number of fused-ring (bicyclic) bond motifs is 1. The Labute approximate surface area is 137 Å². The number of aromatic nitrogens is 2. The number of H-pyrrole nitrogens is 1. The number of hydrogen-bond acceptors (Lipinski definition) is 2. The third-order valence-electron chi connectivity index (χ3n) is 4.33. The molecule has 24 heavy (non-hydrogen) atoms. The van der Waals surface area contributed by atoms with E-state index in [4.69, 9.17) is 0 Å². The van der Waals surface area contributed by atoms with Crippen molar-refractivity contribution in [2.24, 2.45) is 5.92 Å². The van der Waals surface area contributed by atoms with Gasteiger partial charge in [0.1, 0.15) is 0 Å². The van der Waals surface area contributed by atoms with Crippen LogP contribution in [0.2, 0.25) is 0 Å². The van der Waals surface area contributed by atoms with Crippen LogP contribution < -0.4 is 0 Å². The second-order valence-electron chi connectivity index (χ2n) is 6.19. The molecular formula is C17H18F3N3O. The maximum atomic E-state index is 12.8. The van der Waals surface area contributed by atoms with E-state index in [2.05, 4.69) is 10.2 Å². The Hall–Kier alpha value is -2.31. The molecule has 2 aromatic rings. The van der Waals surface area contributed by atoms with Crippen LogP contribution in [0.25, 0.3) is 0 Å². The van der Waals surface area contributed by atoms with Gasteiger partial charge in [-0.15, -0.1) is 0 Å². The van der Waals surface area contributed by atoms with E-state index in [1.165, 1.54) is 6.07 Å². The van der Waals surface area contributed by atoms with E-state index >= 15 is 0 Å². The van der Waals surface area contributed by atoms with Crippen LogP contribution in [-0.4, -0.2) is 27.5 Å². The molecule has 0 radical (unpaired) electrons. The van der Waals surface area contributed by atoms with Crippen molar-refractivity contribution in [2.45, 2.75) is 32.5 Å². The lowest BCUT2D eigenvalue weighted by atomic mass is 9.97. The van der Waals surface area contributed by atoms with Gasteiger partial charge in [0, 0.05) is 36.7 Å². The number of amides is 1. The molecule has 0 bridgehead atoms. The van der Waals surface area contributed by atoms with Crippen LogP contribution in [0, 0.1) is 5.92 Å². The van der Waals surface area contributed by atoms with Crippen molar-refractivity contribution in [1.82, 2.24) is 15.1 Å². The fraction of sp³-hybridized carbons (Fsp3) is 0.412. The largest absolute Gasteiger partial charge is 0.416 e. The van der Waals surface area contributed by atoms with E-state index in [9.17, 15) is 18.0 Å². The van der Waals surface area contributed by atoms with E-state index in [1.54, 1.807) is 24.1 Å². The Balaban J connectivity index is 1.67. The van der Waals surface area contributed by atoms with Gasteiger partial charge in [0.2, 0.25) is 5.91 Å². The molecule has 1 N–H and O–H groups in total. The summed E-state index contributed by atoms with van der Waals surface area (Å²) in [5, 5.41) is 6.89. The molecule has 7 heteroatoms. The van der Waals surface area contributed by atoms with Crippen molar-refractivity contribution in [2.75, 3.05) is 6.54 Å². The molecule has 0 saturated heterocycles. The molecule has 1 aliphatic rings. The number of benzene rings is 1. The van der Waals surface area contributed by atoms with Crippen LogP contribution in [-0.2, 0) is 30.4 Å². The fourth-order valence-corrected chi connectivity index (χ4v) is 3.04. The van der Waals surface area contributed by atoms with Crippen LogP contribution in [0.3, 0.4) is 0 Å². The number of halogens is 3. The molecule has 1 aromatic heterocycles. The van der Waals surface area contributed by atoms with Crippen LogP contribution >= 0.6 is 0 Å². The number of carbonyl (C=O) groups excluding carboxylic acids is 1. The first kappa shape index (κ1) is 16.5. The summed E-state index contributed by atoms with van der Waals surface area (Å²) in [6.07, 6.45) is -1.64. The predicted molar refractivity (Wildman–Crippen MR) is 82.0 cm³/mol. The standard InChI is InChI=1S/C17H18F3N3O/c1-11(7-12-3-2-4-14(8-12)17(18,19)20)16(24)23-6-5-15-13(10-23)9-21-22-15/h2-4,8-9,11H,5-7,10H2,1H3,(H,21,22). The van der Waals surface area contributed by atoms with E-state index in [0.29, 0.717) is 18.7 Å². The molecule has 4 nitrogen and oxygen atoms in total. The Morgan fingerprint density at radius 2 is 2.21 bits per heavy atom. The smallest absolute Gasteiger partial charge is 0.338 e. The highest BCUT2D eigenvalue weighted by molar-refractivity contribution is 5.79. The van der Waals surface area contributed by atoms with Crippen molar-refractivity contribution in [3.63, 3.8) is 0 Å². The van der Waals surface area contributed by atoms with Gasteiger partial charge in [0.05, 0.1) is 11.8 Å². The molecule has 1 unspecified atom stereocenters. The normalized spacial score (nSPS) is 15.9. The number of rotatable bonds is 3. The zero-order chi connectivity index (χ0) is 17.3. The molecule has 1 aliphatic heterocycles. The summed E-state index contributed by atoms with van der Waals surface area (Å²) < 4.78 is 38.3. The molecule has 0 saturated carbocycles. The third-order valence-corrected chi connectivity index (χ3v) is 4.33. The van der Waals surface area contributed by atoms with E-state index < -0.39 is 11.7 Å². The number of nitrogens with one attached hydrogen (secondary N) is 1. The van der Waals surface area contributed by atoms with Crippen LogP contribution in [0.5, 0.6) is 0 Å². The summed E-state index contributed by atoms with van der Waals surface area (Å²) in [5.74, 6) is -0.416. The highest BCUT2D eigenvalue weighted by Gasteiger charge is 2.31. The van der Waals surface area contributed by atoms with Crippen molar-refractivity contribution in [3.05, 3.63) is 52.8 Å².